The van der Waals surface area contributed by atoms with E-state index >= 15 is 0 Å². The third-order valence-corrected chi connectivity index (χ3v) is 2.68. The van der Waals surface area contributed by atoms with Crippen molar-refractivity contribution in [1.82, 2.24) is 5.32 Å². The van der Waals surface area contributed by atoms with Crippen LogP contribution in [-0.4, -0.2) is 44.9 Å². The summed E-state index contributed by atoms with van der Waals surface area (Å²) >= 11 is 0. The van der Waals surface area contributed by atoms with E-state index in [2.05, 4.69) is 14.8 Å². The Morgan fingerprint density at radius 3 is 2.12 bits per heavy atom. The molecule has 0 unspecified atom stereocenters. The summed E-state index contributed by atoms with van der Waals surface area (Å²) in [6, 6.07) is -2.08. The molecule has 1 aliphatic rings. The van der Waals surface area contributed by atoms with Gasteiger partial charge in [0, 0.05) is 6.54 Å². The first-order chi connectivity index (χ1) is 7.82. The molecule has 1 heterocycles. The van der Waals surface area contributed by atoms with Gasteiger partial charge in [0.2, 0.25) is 0 Å². The molecule has 0 bridgehead atoms. The minimum Gasteiger partial charge on any atom is -0.469 e. The van der Waals surface area contributed by atoms with Crippen molar-refractivity contribution in [3.8, 4) is 0 Å². The van der Waals surface area contributed by atoms with E-state index in [1.54, 1.807) is 0 Å². The molecule has 1 saturated heterocycles. The van der Waals surface area contributed by atoms with E-state index in [9.17, 15) is 22.8 Å². The van der Waals surface area contributed by atoms with Crippen LogP contribution < -0.4 is 5.32 Å². The molecular weight excluding hydrogens is 243 g/mol. The van der Waals surface area contributed by atoms with Crippen LogP contribution in [0.1, 0.15) is 0 Å². The van der Waals surface area contributed by atoms with Crippen molar-refractivity contribution < 1.29 is 32.2 Å². The summed E-state index contributed by atoms with van der Waals surface area (Å²) in [4.78, 5) is 22.6. The number of esters is 2. The maximum absolute atomic E-state index is 12.6. The largest absolute Gasteiger partial charge is 0.469 e. The van der Waals surface area contributed by atoms with Gasteiger partial charge in [-0.25, -0.2) is 0 Å². The fourth-order valence-corrected chi connectivity index (χ4v) is 1.88. The molecule has 1 fully saturated rings. The van der Waals surface area contributed by atoms with Crippen molar-refractivity contribution in [3.05, 3.63) is 0 Å². The minimum absolute atomic E-state index is 0.267. The maximum Gasteiger partial charge on any atom is 0.404 e. The molecule has 3 atom stereocenters. The Kier molecular flexibility index (Phi) is 3.97. The lowest BCUT2D eigenvalue weighted by Gasteiger charge is -2.22. The van der Waals surface area contributed by atoms with Gasteiger partial charge in [-0.05, 0) is 0 Å². The molecule has 1 aliphatic heterocycles. The highest BCUT2D eigenvalue weighted by molar-refractivity contribution is 5.83. The molecule has 17 heavy (non-hydrogen) atoms. The number of hydrogen-bond acceptors (Lipinski definition) is 5. The third kappa shape index (κ3) is 2.68. The number of rotatable bonds is 2. The molecule has 1 rings (SSSR count). The van der Waals surface area contributed by atoms with Crippen LogP contribution in [0.25, 0.3) is 0 Å². The number of alkyl halides is 3. The van der Waals surface area contributed by atoms with E-state index in [0.29, 0.717) is 0 Å². The van der Waals surface area contributed by atoms with Crippen LogP contribution in [0.4, 0.5) is 13.2 Å². The Morgan fingerprint density at radius 1 is 1.18 bits per heavy atom. The van der Waals surface area contributed by atoms with E-state index in [-0.39, 0.29) is 6.54 Å². The first kappa shape index (κ1) is 13.8. The lowest BCUT2D eigenvalue weighted by atomic mass is 9.90. The molecule has 0 aromatic rings. The Bertz CT molecular complexity index is 318. The van der Waals surface area contributed by atoms with Crippen LogP contribution in [-0.2, 0) is 19.1 Å². The number of halogens is 3. The molecule has 1 N–H and O–H groups in total. The zero-order valence-corrected chi connectivity index (χ0v) is 9.21. The summed E-state index contributed by atoms with van der Waals surface area (Å²) in [5.74, 6) is -4.72. The van der Waals surface area contributed by atoms with Crippen LogP contribution in [0.2, 0.25) is 0 Å². The lowest BCUT2D eigenvalue weighted by molar-refractivity contribution is -0.179. The zero-order chi connectivity index (χ0) is 13.2. The molecule has 0 amide bonds. The smallest absolute Gasteiger partial charge is 0.404 e. The summed E-state index contributed by atoms with van der Waals surface area (Å²) in [5.41, 5.74) is 0. The second-order valence-electron chi connectivity index (χ2n) is 3.61. The first-order valence-corrected chi connectivity index (χ1v) is 4.78. The molecule has 0 aliphatic carbocycles. The van der Waals surface area contributed by atoms with Crippen LogP contribution in [0, 0.1) is 11.8 Å². The SMILES string of the molecule is COC(=O)[C@@H]1[C@H](C(F)(F)F)NC[C@H]1C(=O)OC. The standard InChI is InChI=1S/C9H12F3NO4/c1-16-7(14)4-3-13-6(9(10,11)12)5(4)8(15)17-2/h4-6,13H,3H2,1-2H3/t4-,5+,6-/m1/s1. The zero-order valence-electron chi connectivity index (χ0n) is 9.21. The predicted octanol–water partition coefficient (Wildman–Crippen LogP) is 0.0989. The molecule has 0 radical (unpaired) electrons. The van der Waals surface area contributed by atoms with E-state index in [0.717, 1.165) is 14.2 Å². The van der Waals surface area contributed by atoms with E-state index < -0.39 is 36.0 Å². The predicted molar refractivity (Wildman–Crippen MR) is 48.9 cm³/mol. The molecule has 0 spiro atoms. The van der Waals surface area contributed by atoms with Gasteiger partial charge in [-0.15, -0.1) is 0 Å². The van der Waals surface area contributed by atoms with Gasteiger partial charge in [-0.3, -0.25) is 9.59 Å². The van der Waals surface area contributed by atoms with Gasteiger partial charge in [0.1, 0.15) is 6.04 Å². The summed E-state index contributed by atoms with van der Waals surface area (Å²) in [7, 11) is 2.03. The summed E-state index contributed by atoms with van der Waals surface area (Å²) in [5, 5.41) is 2.10. The van der Waals surface area contributed by atoms with E-state index in [4.69, 9.17) is 0 Å². The Hall–Kier alpha value is -1.31. The van der Waals surface area contributed by atoms with Crippen LogP contribution >= 0.6 is 0 Å². The molecule has 0 aromatic heterocycles. The van der Waals surface area contributed by atoms with Gasteiger partial charge in [0.15, 0.2) is 0 Å². The summed E-state index contributed by atoms with van der Waals surface area (Å²) in [6.45, 7) is -0.267. The van der Waals surface area contributed by atoms with Crippen molar-refractivity contribution in [2.24, 2.45) is 11.8 Å². The highest BCUT2D eigenvalue weighted by Crippen LogP contribution is 2.35. The van der Waals surface area contributed by atoms with E-state index in [1.807, 2.05) is 0 Å². The van der Waals surface area contributed by atoms with Gasteiger partial charge < -0.3 is 14.8 Å². The number of methoxy groups -OCH3 is 2. The van der Waals surface area contributed by atoms with Crippen molar-refractivity contribution in [2.75, 3.05) is 20.8 Å². The van der Waals surface area contributed by atoms with Gasteiger partial charge in [-0.2, -0.15) is 13.2 Å². The Morgan fingerprint density at radius 2 is 1.71 bits per heavy atom. The number of carbonyl (C=O) groups excluding carboxylic acids is 2. The minimum atomic E-state index is -4.62. The number of nitrogens with one attached hydrogen (secondary N) is 1. The topological polar surface area (TPSA) is 64.6 Å². The van der Waals surface area contributed by atoms with Crippen molar-refractivity contribution in [1.29, 1.82) is 0 Å². The first-order valence-electron chi connectivity index (χ1n) is 4.78. The second kappa shape index (κ2) is 4.91. The average Bonchev–Trinajstić information content (AvgIpc) is 2.70. The summed E-state index contributed by atoms with van der Waals surface area (Å²) < 4.78 is 46.5. The average molecular weight is 255 g/mol. The molecular formula is C9H12F3NO4. The number of ether oxygens (including phenoxy) is 2. The molecule has 5 nitrogen and oxygen atoms in total. The van der Waals surface area contributed by atoms with Crippen molar-refractivity contribution >= 4 is 11.9 Å². The lowest BCUT2D eigenvalue weighted by Crippen LogP contribution is -2.45. The van der Waals surface area contributed by atoms with Gasteiger partial charge in [0.25, 0.3) is 0 Å². The number of carbonyl (C=O) groups is 2. The summed E-state index contributed by atoms with van der Waals surface area (Å²) in [6.07, 6.45) is -4.62. The fourth-order valence-electron chi connectivity index (χ4n) is 1.88. The van der Waals surface area contributed by atoms with Crippen LogP contribution in [0.3, 0.4) is 0 Å². The monoisotopic (exact) mass is 255 g/mol. The Balaban J connectivity index is 2.97. The number of hydrogen-bond donors (Lipinski definition) is 1. The van der Waals surface area contributed by atoms with E-state index in [1.165, 1.54) is 0 Å². The van der Waals surface area contributed by atoms with Gasteiger partial charge in [0.05, 0.1) is 26.1 Å². The maximum atomic E-state index is 12.6. The normalized spacial score (nSPS) is 28.9. The quantitative estimate of drug-likeness (QED) is 0.709. The van der Waals surface area contributed by atoms with Crippen LogP contribution in [0.5, 0.6) is 0 Å². The third-order valence-electron chi connectivity index (χ3n) is 2.68. The van der Waals surface area contributed by atoms with Crippen molar-refractivity contribution in [3.63, 3.8) is 0 Å². The van der Waals surface area contributed by atoms with Crippen molar-refractivity contribution in [2.45, 2.75) is 12.2 Å². The highest BCUT2D eigenvalue weighted by Gasteiger charge is 2.56. The molecule has 0 aromatic carbocycles. The van der Waals surface area contributed by atoms with Gasteiger partial charge >= 0.3 is 18.1 Å². The molecule has 8 heteroatoms. The Labute approximate surface area is 95.2 Å². The molecule has 98 valence electrons. The second-order valence-corrected chi connectivity index (χ2v) is 3.61. The van der Waals surface area contributed by atoms with Crippen LogP contribution in [0.15, 0.2) is 0 Å². The highest BCUT2D eigenvalue weighted by atomic mass is 19.4. The fraction of sp³-hybridized carbons (Fsp3) is 0.778. The van der Waals surface area contributed by atoms with Gasteiger partial charge in [-0.1, -0.05) is 0 Å². The molecule has 0 saturated carbocycles.